The third-order valence-corrected chi connectivity index (χ3v) is 4.04. The van der Waals surface area contributed by atoms with Gasteiger partial charge in [-0.25, -0.2) is 0 Å². The van der Waals surface area contributed by atoms with Crippen molar-refractivity contribution >= 4 is 28.0 Å². The highest BCUT2D eigenvalue weighted by Gasteiger charge is 2.10. The van der Waals surface area contributed by atoms with Crippen molar-refractivity contribution in [2.45, 2.75) is 20.3 Å². The molecule has 0 fully saturated rings. The molecule has 0 atom stereocenters. The number of hydrogen-bond acceptors (Lipinski definition) is 1. The van der Waals surface area contributed by atoms with Crippen LogP contribution in [0.4, 0.5) is 0 Å². The second-order valence-electron chi connectivity index (χ2n) is 5.13. The maximum absolute atomic E-state index is 7.41. The van der Waals surface area contributed by atoms with Gasteiger partial charge in [0.2, 0.25) is 0 Å². The van der Waals surface area contributed by atoms with Crippen LogP contribution in [0.2, 0.25) is 0 Å². The summed E-state index contributed by atoms with van der Waals surface area (Å²) in [5.41, 5.74) is 6.21. The first kappa shape index (κ1) is 12.0. The van der Waals surface area contributed by atoms with E-state index < -0.39 is 0 Å². The third-order valence-electron chi connectivity index (χ3n) is 4.04. The van der Waals surface area contributed by atoms with Crippen LogP contribution in [-0.4, -0.2) is 10.8 Å². The van der Waals surface area contributed by atoms with Gasteiger partial charge in [-0.2, -0.15) is 0 Å². The monoisotopic (exact) mass is 250 g/mol. The largest absolute Gasteiger partial charge is 0.344 e. The predicted octanol–water partition coefficient (Wildman–Crippen LogP) is 4.20. The average molecular weight is 250 g/mol. The number of aryl methyl sites for hydroxylation is 3. The highest BCUT2D eigenvalue weighted by molar-refractivity contribution is 6.09. The van der Waals surface area contributed by atoms with Gasteiger partial charge in [0.05, 0.1) is 0 Å². The SMILES string of the molecule is CCc1cc2c3cc(C=N)ccc3n(C)c2cc1C. The fourth-order valence-corrected chi connectivity index (χ4v) is 2.89. The lowest BCUT2D eigenvalue weighted by Gasteiger charge is -2.04. The molecule has 2 aromatic carbocycles. The van der Waals surface area contributed by atoms with Crippen molar-refractivity contribution in [3.8, 4) is 0 Å². The molecule has 19 heavy (non-hydrogen) atoms. The van der Waals surface area contributed by atoms with E-state index in [9.17, 15) is 0 Å². The van der Waals surface area contributed by atoms with Gasteiger partial charge in [-0.1, -0.05) is 13.0 Å². The molecule has 0 spiro atoms. The minimum atomic E-state index is 0.957. The molecule has 0 aliphatic carbocycles. The summed E-state index contributed by atoms with van der Waals surface area (Å²) >= 11 is 0. The van der Waals surface area contributed by atoms with Gasteiger partial charge in [0.25, 0.3) is 0 Å². The van der Waals surface area contributed by atoms with Crippen LogP contribution in [0.15, 0.2) is 30.3 Å². The molecule has 0 aliphatic heterocycles. The molecule has 2 nitrogen and oxygen atoms in total. The zero-order valence-corrected chi connectivity index (χ0v) is 11.6. The van der Waals surface area contributed by atoms with Crippen LogP contribution >= 0.6 is 0 Å². The van der Waals surface area contributed by atoms with E-state index in [4.69, 9.17) is 5.41 Å². The van der Waals surface area contributed by atoms with E-state index in [1.807, 2.05) is 6.07 Å². The maximum atomic E-state index is 7.41. The Morgan fingerprint density at radius 1 is 1.11 bits per heavy atom. The van der Waals surface area contributed by atoms with Crippen molar-refractivity contribution in [3.05, 3.63) is 47.0 Å². The molecule has 0 amide bonds. The van der Waals surface area contributed by atoms with E-state index in [0.29, 0.717) is 0 Å². The van der Waals surface area contributed by atoms with Gasteiger partial charge >= 0.3 is 0 Å². The summed E-state index contributed by atoms with van der Waals surface area (Å²) in [5, 5.41) is 9.95. The Balaban J connectivity index is 2.50. The van der Waals surface area contributed by atoms with Crippen LogP contribution in [-0.2, 0) is 13.5 Å². The molecule has 0 saturated carbocycles. The van der Waals surface area contributed by atoms with Gasteiger partial charge in [0.15, 0.2) is 0 Å². The highest BCUT2D eigenvalue weighted by Crippen LogP contribution is 2.31. The molecule has 0 bridgehead atoms. The summed E-state index contributed by atoms with van der Waals surface area (Å²) in [6.45, 7) is 4.38. The Labute approximate surface area is 113 Å². The summed E-state index contributed by atoms with van der Waals surface area (Å²) in [5.74, 6) is 0. The molecule has 3 rings (SSSR count). The fourth-order valence-electron chi connectivity index (χ4n) is 2.89. The lowest BCUT2D eigenvalue weighted by Crippen LogP contribution is -1.90. The van der Waals surface area contributed by atoms with Crippen LogP contribution in [0.3, 0.4) is 0 Å². The lowest BCUT2D eigenvalue weighted by molar-refractivity contribution is 1.01. The van der Waals surface area contributed by atoms with E-state index in [2.05, 4.69) is 49.7 Å². The number of nitrogens with one attached hydrogen (secondary N) is 1. The van der Waals surface area contributed by atoms with Crippen molar-refractivity contribution in [3.63, 3.8) is 0 Å². The van der Waals surface area contributed by atoms with E-state index in [1.165, 1.54) is 39.1 Å². The van der Waals surface area contributed by atoms with Crippen LogP contribution < -0.4 is 0 Å². The molecule has 1 heterocycles. The summed E-state index contributed by atoms with van der Waals surface area (Å²) in [6, 6.07) is 10.8. The van der Waals surface area contributed by atoms with Crippen molar-refractivity contribution < 1.29 is 0 Å². The Morgan fingerprint density at radius 2 is 1.84 bits per heavy atom. The standard InChI is InChI=1S/C17H18N2/c1-4-13-9-15-14-8-12(10-18)5-6-16(14)19(3)17(15)7-11(13)2/h5-10,18H,4H2,1-3H3. The fraction of sp³-hybridized carbons (Fsp3) is 0.235. The van der Waals surface area contributed by atoms with Crippen molar-refractivity contribution in [1.82, 2.24) is 4.57 Å². The molecule has 3 aromatic rings. The second kappa shape index (κ2) is 4.23. The third kappa shape index (κ3) is 1.67. The summed E-state index contributed by atoms with van der Waals surface area (Å²) in [4.78, 5) is 0. The van der Waals surface area contributed by atoms with E-state index in [1.54, 1.807) is 0 Å². The van der Waals surface area contributed by atoms with Crippen LogP contribution in [0.5, 0.6) is 0 Å². The van der Waals surface area contributed by atoms with Crippen LogP contribution in [0.25, 0.3) is 21.8 Å². The van der Waals surface area contributed by atoms with E-state index >= 15 is 0 Å². The van der Waals surface area contributed by atoms with Crippen molar-refractivity contribution in [2.24, 2.45) is 7.05 Å². The Morgan fingerprint density at radius 3 is 2.53 bits per heavy atom. The zero-order chi connectivity index (χ0) is 13.6. The smallest absolute Gasteiger partial charge is 0.0491 e. The molecule has 0 aliphatic rings. The first-order chi connectivity index (χ1) is 9.15. The van der Waals surface area contributed by atoms with Gasteiger partial charge in [-0.3, -0.25) is 0 Å². The molecular weight excluding hydrogens is 232 g/mol. The van der Waals surface area contributed by atoms with Gasteiger partial charge in [0.1, 0.15) is 0 Å². The number of nitrogens with zero attached hydrogens (tertiary/aromatic N) is 1. The van der Waals surface area contributed by atoms with Gasteiger partial charge in [-0.05, 0) is 54.3 Å². The molecule has 2 heteroatoms. The van der Waals surface area contributed by atoms with Crippen molar-refractivity contribution in [1.29, 1.82) is 5.41 Å². The number of rotatable bonds is 2. The van der Waals surface area contributed by atoms with Gasteiger partial charge in [-0.15, -0.1) is 0 Å². The highest BCUT2D eigenvalue weighted by atomic mass is 14.9. The molecular formula is C17H18N2. The summed E-state index contributed by atoms with van der Waals surface area (Å²) < 4.78 is 2.24. The zero-order valence-electron chi connectivity index (χ0n) is 11.6. The van der Waals surface area contributed by atoms with E-state index in [0.717, 1.165) is 12.0 Å². The van der Waals surface area contributed by atoms with Gasteiger partial charge in [0, 0.05) is 35.1 Å². The predicted molar refractivity (Wildman–Crippen MR) is 82.4 cm³/mol. The molecule has 1 N–H and O–H groups in total. The normalized spacial score (nSPS) is 11.3. The summed E-state index contributed by atoms with van der Waals surface area (Å²) in [6.07, 6.45) is 2.47. The van der Waals surface area contributed by atoms with E-state index in [-0.39, 0.29) is 0 Å². The maximum Gasteiger partial charge on any atom is 0.0491 e. The number of aromatic nitrogens is 1. The minimum absolute atomic E-state index is 0.957. The molecule has 0 unspecified atom stereocenters. The average Bonchev–Trinajstić information content (AvgIpc) is 2.70. The Bertz CT molecular complexity index is 794. The Hall–Kier alpha value is -2.09. The first-order valence-corrected chi connectivity index (χ1v) is 6.68. The first-order valence-electron chi connectivity index (χ1n) is 6.68. The number of hydrogen-bond donors (Lipinski definition) is 1. The van der Waals surface area contributed by atoms with Crippen LogP contribution in [0, 0.1) is 12.3 Å². The number of benzene rings is 2. The summed E-state index contributed by atoms with van der Waals surface area (Å²) in [7, 11) is 2.11. The molecule has 0 radical (unpaired) electrons. The van der Waals surface area contributed by atoms with Crippen LogP contribution in [0.1, 0.15) is 23.6 Å². The number of fused-ring (bicyclic) bond motifs is 3. The second-order valence-corrected chi connectivity index (χ2v) is 5.13. The Kier molecular flexibility index (Phi) is 2.67. The van der Waals surface area contributed by atoms with Crippen molar-refractivity contribution in [2.75, 3.05) is 0 Å². The minimum Gasteiger partial charge on any atom is -0.344 e. The molecule has 96 valence electrons. The molecule has 0 saturated heterocycles. The molecule has 1 aromatic heterocycles. The topological polar surface area (TPSA) is 28.8 Å². The van der Waals surface area contributed by atoms with Gasteiger partial charge < -0.3 is 9.98 Å². The quantitative estimate of drug-likeness (QED) is 0.660. The lowest BCUT2D eigenvalue weighted by atomic mass is 10.0.